The Balaban J connectivity index is 2.39. The maximum absolute atomic E-state index is 11.9. The van der Waals surface area contributed by atoms with Crippen molar-refractivity contribution >= 4 is 29.3 Å². The standard InChI is InChI=1S/C16H24ClNOS/c1-11(2)13(12(3)4)9-18-16(19)10-20-15-8-6-5-7-14(15)17/h5-8,11-13H,9-10H2,1-4H3,(H,18,19). The summed E-state index contributed by atoms with van der Waals surface area (Å²) in [4.78, 5) is 12.9. The van der Waals surface area contributed by atoms with E-state index in [0.29, 0.717) is 28.5 Å². The zero-order valence-corrected chi connectivity index (χ0v) is 14.2. The van der Waals surface area contributed by atoms with E-state index >= 15 is 0 Å². The molecule has 1 amide bonds. The number of hydrogen-bond donors (Lipinski definition) is 1. The minimum atomic E-state index is 0.0706. The number of rotatable bonds is 7. The van der Waals surface area contributed by atoms with Gasteiger partial charge in [-0.05, 0) is 29.9 Å². The van der Waals surface area contributed by atoms with Crippen LogP contribution >= 0.6 is 23.4 Å². The van der Waals surface area contributed by atoms with Crippen molar-refractivity contribution in [3.05, 3.63) is 29.3 Å². The number of nitrogens with one attached hydrogen (secondary N) is 1. The molecule has 0 aliphatic heterocycles. The van der Waals surface area contributed by atoms with Gasteiger partial charge in [0, 0.05) is 11.4 Å². The fraction of sp³-hybridized carbons (Fsp3) is 0.562. The first-order valence-electron chi connectivity index (χ1n) is 7.05. The van der Waals surface area contributed by atoms with Crippen LogP contribution in [-0.4, -0.2) is 18.2 Å². The molecular formula is C16H24ClNOS. The van der Waals surface area contributed by atoms with E-state index in [0.717, 1.165) is 11.4 Å². The van der Waals surface area contributed by atoms with Gasteiger partial charge in [-0.15, -0.1) is 11.8 Å². The molecule has 0 aromatic heterocycles. The third-order valence-electron chi connectivity index (χ3n) is 3.44. The predicted octanol–water partition coefficient (Wildman–Crippen LogP) is 4.48. The molecule has 2 nitrogen and oxygen atoms in total. The molecule has 1 rings (SSSR count). The molecule has 0 heterocycles. The van der Waals surface area contributed by atoms with Gasteiger partial charge in [0.25, 0.3) is 0 Å². The van der Waals surface area contributed by atoms with Gasteiger partial charge in [0.15, 0.2) is 0 Å². The van der Waals surface area contributed by atoms with Crippen molar-refractivity contribution in [2.45, 2.75) is 32.6 Å². The lowest BCUT2D eigenvalue weighted by Crippen LogP contribution is -2.34. The molecule has 4 heteroatoms. The highest BCUT2D eigenvalue weighted by atomic mass is 35.5. The van der Waals surface area contributed by atoms with Crippen molar-refractivity contribution in [2.75, 3.05) is 12.3 Å². The van der Waals surface area contributed by atoms with Gasteiger partial charge in [0.05, 0.1) is 10.8 Å². The highest BCUT2D eigenvalue weighted by molar-refractivity contribution is 8.00. The SMILES string of the molecule is CC(C)C(CNC(=O)CSc1ccccc1Cl)C(C)C. The van der Waals surface area contributed by atoms with Gasteiger partial charge in [0.2, 0.25) is 5.91 Å². The molecular weight excluding hydrogens is 290 g/mol. The Hall–Kier alpha value is -0.670. The highest BCUT2D eigenvalue weighted by Gasteiger charge is 2.18. The second-order valence-electron chi connectivity index (χ2n) is 5.68. The van der Waals surface area contributed by atoms with Gasteiger partial charge in [-0.1, -0.05) is 51.4 Å². The Bertz CT molecular complexity index is 426. The fourth-order valence-electron chi connectivity index (χ4n) is 2.23. The van der Waals surface area contributed by atoms with Crippen molar-refractivity contribution in [2.24, 2.45) is 17.8 Å². The maximum Gasteiger partial charge on any atom is 0.230 e. The number of amides is 1. The van der Waals surface area contributed by atoms with Crippen LogP contribution in [0.2, 0.25) is 5.02 Å². The summed E-state index contributed by atoms with van der Waals surface area (Å²) in [6.07, 6.45) is 0. The van der Waals surface area contributed by atoms with Crippen molar-refractivity contribution < 1.29 is 4.79 Å². The summed E-state index contributed by atoms with van der Waals surface area (Å²) in [7, 11) is 0. The summed E-state index contributed by atoms with van der Waals surface area (Å²) in [5.41, 5.74) is 0. The van der Waals surface area contributed by atoms with Crippen molar-refractivity contribution in [3.8, 4) is 0 Å². The summed E-state index contributed by atoms with van der Waals surface area (Å²) >= 11 is 7.55. The molecule has 1 aromatic carbocycles. The van der Waals surface area contributed by atoms with Gasteiger partial charge in [0.1, 0.15) is 0 Å². The molecule has 0 aliphatic carbocycles. The van der Waals surface area contributed by atoms with E-state index in [1.165, 1.54) is 11.8 Å². The van der Waals surface area contributed by atoms with Crippen LogP contribution in [0.25, 0.3) is 0 Å². The number of carbonyl (C=O) groups excluding carboxylic acids is 1. The second kappa shape index (κ2) is 8.58. The van der Waals surface area contributed by atoms with Crippen LogP contribution in [0.5, 0.6) is 0 Å². The minimum Gasteiger partial charge on any atom is -0.355 e. The first-order valence-corrected chi connectivity index (χ1v) is 8.42. The van der Waals surface area contributed by atoms with Crippen LogP contribution in [0.3, 0.4) is 0 Å². The lowest BCUT2D eigenvalue weighted by molar-refractivity contribution is -0.118. The largest absolute Gasteiger partial charge is 0.355 e. The molecule has 0 saturated carbocycles. The highest BCUT2D eigenvalue weighted by Crippen LogP contribution is 2.26. The lowest BCUT2D eigenvalue weighted by atomic mass is 9.85. The molecule has 0 fully saturated rings. The summed E-state index contributed by atoms with van der Waals surface area (Å²) in [6.45, 7) is 9.56. The normalized spacial score (nSPS) is 11.4. The van der Waals surface area contributed by atoms with Gasteiger partial charge in [-0.3, -0.25) is 4.79 Å². The van der Waals surface area contributed by atoms with E-state index < -0.39 is 0 Å². The number of benzene rings is 1. The zero-order chi connectivity index (χ0) is 15.1. The van der Waals surface area contributed by atoms with E-state index in [-0.39, 0.29) is 5.91 Å². The van der Waals surface area contributed by atoms with E-state index in [2.05, 4.69) is 33.0 Å². The Kier molecular flexibility index (Phi) is 7.46. The zero-order valence-electron chi connectivity index (χ0n) is 12.7. The summed E-state index contributed by atoms with van der Waals surface area (Å²) in [6, 6.07) is 7.60. The van der Waals surface area contributed by atoms with Crippen LogP contribution in [0, 0.1) is 17.8 Å². The smallest absolute Gasteiger partial charge is 0.230 e. The van der Waals surface area contributed by atoms with E-state index in [1.807, 2.05) is 24.3 Å². The lowest BCUT2D eigenvalue weighted by Gasteiger charge is -2.25. The van der Waals surface area contributed by atoms with Crippen molar-refractivity contribution in [1.29, 1.82) is 0 Å². The molecule has 0 unspecified atom stereocenters. The number of carbonyl (C=O) groups is 1. The van der Waals surface area contributed by atoms with Gasteiger partial charge < -0.3 is 5.32 Å². The van der Waals surface area contributed by atoms with E-state index in [9.17, 15) is 4.79 Å². The molecule has 0 atom stereocenters. The Morgan fingerprint density at radius 3 is 2.35 bits per heavy atom. The monoisotopic (exact) mass is 313 g/mol. The Morgan fingerprint density at radius 1 is 1.20 bits per heavy atom. The first kappa shape index (κ1) is 17.4. The Morgan fingerprint density at radius 2 is 1.80 bits per heavy atom. The minimum absolute atomic E-state index is 0.0706. The fourth-order valence-corrected chi connectivity index (χ4v) is 3.30. The van der Waals surface area contributed by atoms with Crippen molar-refractivity contribution in [1.82, 2.24) is 5.32 Å². The molecule has 0 spiro atoms. The number of thioether (sulfide) groups is 1. The van der Waals surface area contributed by atoms with Crippen LogP contribution < -0.4 is 5.32 Å². The molecule has 1 N–H and O–H groups in total. The molecule has 20 heavy (non-hydrogen) atoms. The molecule has 0 radical (unpaired) electrons. The van der Waals surface area contributed by atoms with Crippen LogP contribution in [0.1, 0.15) is 27.7 Å². The third kappa shape index (κ3) is 5.76. The number of halogens is 1. The first-order chi connectivity index (χ1) is 9.41. The van der Waals surface area contributed by atoms with E-state index in [1.54, 1.807) is 0 Å². The van der Waals surface area contributed by atoms with Crippen LogP contribution in [0.4, 0.5) is 0 Å². The predicted molar refractivity (Wildman–Crippen MR) is 88.4 cm³/mol. The van der Waals surface area contributed by atoms with Gasteiger partial charge >= 0.3 is 0 Å². The summed E-state index contributed by atoms with van der Waals surface area (Å²) in [5.74, 6) is 2.15. The summed E-state index contributed by atoms with van der Waals surface area (Å²) < 4.78 is 0. The van der Waals surface area contributed by atoms with Crippen LogP contribution in [0.15, 0.2) is 29.2 Å². The van der Waals surface area contributed by atoms with Gasteiger partial charge in [-0.25, -0.2) is 0 Å². The molecule has 1 aromatic rings. The van der Waals surface area contributed by atoms with Crippen LogP contribution in [-0.2, 0) is 4.79 Å². The third-order valence-corrected chi connectivity index (χ3v) is 4.96. The second-order valence-corrected chi connectivity index (χ2v) is 7.10. The quantitative estimate of drug-likeness (QED) is 0.752. The summed E-state index contributed by atoms with van der Waals surface area (Å²) in [5, 5.41) is 3.73. The molecule has 0 saturated heterocycles. The average Bonchev–Trinajstić information content (AvgIpc) is 2.37. The molecule has 0 bridgehead atoms. The maximum atomic E-state index is 11.9. The van der Waals surface area contributed by atoms with E-state index in [4.69, 9.17) is 11.6 Å². The number of hydrogen-bond acceptors (Lipinski definition) is 2. The van der Waals surface area contributed by atoms with Gasteiger partial charge in [-0.2, -0.15) is 0 Å². The molecule has 0 aliphatic rings. The topological polar surface area (TPSA) is 29.1 Å². The average molecular weight is 314 g/mol. The Labute approximate surface area is 131 Å². The molecule has 112 valence electrons. The van der Waals surface area contributed by atoms with Crippen molar-refractivity contribution in [3.63, 3.8) is 0 Å².